The second-order valence-corrected chi connectivity index (χ2v) is 8.71. The molecule has 34 heavy (non-hydrogen) atoms. The van der Waals surface area contributed by atoms with Gasteiger partial charge in [0.15, 0.2) is 0 Å². The molecule has 0 bridgehead atoms. The van der Waals surface area contributed by atoms with Gasteiger partial charge in [-0.05, 0) is 80.1 Å². The predicted octanol–water partition coefficient (Wildman–Crippen LogP) is 5.69. The van der Waals surface area contributed by atoms with Crippen LogP contribution in [-0.4, -0.2) is 40.0 Å². The monoisotopic (exact) mass is 459 g/mol. The Morgan fingerprint density at radius 3 is 2.59 bits per heavy atom. The van der Waals surface area contributed by atoms with E-state index in [1.54, 1.807) is 0 Å². The molecule has 1 atom stereocenters. The van der Waals surface area contributed by atoms with Crippen molar-refractivity contribution in [2.75, 3.05) is 11.9 Å². The smallest absolute Gasteiger partial charge is 0.290 e. The first kappa shape index (κ1) is 25.1. The van der Waals surface area contributed by atoms with Crippen LogP contribution in [0.1, 0.15) is 53.4 Å². The highest BCUT2D eigenvalue weighted by Gasteiger charge is 2.20. The molecule has 1 aliphatic heterocycles. The number of amides is 1. The number of piperidine rings is 1. The zero-order chi connectivity index (χ0) is 24.5. The first-order valence-corrected chi connectivity index (χ1v) is 11.7. The van der Waals surface area contributed by atoms with Gasteiger partial charge in [0.25, 0.3) is 12.4 Å². The van der Waals surface area contributed by atoms with Crippen molar-refractivity contribution in [3.8, 4) is 11.1 Å². The van der Waals surface area contributed by atoms with E-state index in [0.29, 0.717) is 11.7 Å². The van der Waals surface area contributed by atoms with Crippen molar-refractivity contribution in [3.63, 3.8) is 0 Å². The van der Waals surface area contributed by atoms with Gasteiger partial charge in [-0.15, -0.1) is 0 Å². The van der Waals surface area contributed by atoms with Crippen LogP contribution in [0.5, 0.6) is 0 Å². The summed E-state index contributed by atoms with van der Waals surface area (Å²) in [7, 11) is 0. The fraction of sp³-hybridized carbons (Fsp3) is 0.321. The molecule has 0 aliphatic carbocycles. The molecule has 2 N–H and O–H groups in total. The summed E-state index contributed by atoms with van der Waals surface area (Å²) in [6.45, 7) is 8.16. The summed E-state index contributed by atoms with van der Waals surface area (Å²) in [5, 5.41) is 9.97. The van der Waals surface area contributed by atoms with Crippen LogP contribution in [0.25, 0.3) is 11.1 Å². The molecule has 0 radical (unpaired) electrons. The van der Waals surface area contributed by atoms with Crippen LogP contribution >= 0.6 is 0 Å². The summed E-state index contributed by atoms with van der Waals surface area (Å²) >= 11 is 0. The molecular formula is C28H33N3O3. The number of pyridine rings is 1. The molecule has 6 nitrogen and oxygen atoms in total. The second-order valence-electron chi connectivity index (χ2n) is 8.71. The predicted molar refractivity (Wildman–Crippen MR) is 136 cm³/mol. The van der Waals surface area contributed by atoms with Crippen LogP contribution in [-0.2, 0) is 11.3 Å². The summed E-state index contributed by atoms with van der Waals surface area (Å²) in [6, 6.07) is 18.8. The Morgan fingerprint density at radius 1 is 1.15 bits per heavy atom. The number of likely N-dealkylation sites (tertiary alicyclic amines) is 1. The molecule has 1 aliphatic rings. The Kier molecular flexibility index (Phi) is 8.93. The van der Waals surface area contributed by atoms with E-state index in [9.17, 15) is 4.79 Å². The first-order chi connectivity index (χ1) is 16.4. The maximum Gasteiger partial charge on any atom is 0.290 e. The third-order valence-corrected chi connectivity index (χ3v) is 6.43. The van der Waals surface area contributed by atoms with Crippen LogP contribution in [0.15, 0.2) is 60.8 Å². The first-order valence-electron chi connectivity index (χ1n) is 11.7. The number of hydrogen-bond acceptors (Lipinski definition) is 4. The standard InChI is InChI=1S/C27H31N3O.CH2O2/c1-19-17-28-26(16-23(19)18-30-15-8-7-10-20(30)2)27(31)29-25-14-9-13-24(21(25)3)22-11-5-4-6-12-22;2-1-3/h4-6,9,11-14,16-17,20H,7-8,10,15,18H2,1-3H3,(H,29,31);1H,(H,2,3). The Hall–Kier alpha value is -3.51. The third kappa shape index (κ3) is 6.29. The number of rotatable bonds is 5. The minimum atomic E-state index is -0.250. The number of hydrogen-bond donors (Lipinski definition) is 2. The number of aryl methyl sites for hydroxylation is 1. The van der Waals surface area contributed by atoms with Gasteiger partial charge in [0, 0.05) is 24.5 Å². The summed E-state index contributed by atoms with van der Waals surface area (Å²) < 4.78 is 0. The third-order valence-electron chi connectivity index (χ3n) is 6.43. The molecule has 6 heteroatoms. The molecule has 0 spiro atoms. The SMILES string of the molecule is Cc1cnc(C(=O)Nc2cccc(-c3ccccc3)c2C)cc1CN1CCCCC1C.O=CO. The van der Waals surface area contributed by atoms with Crippen LogP contribution in [0.4, 0.5) is 5.69 Å². The van der Waals surface area contributed by atoms with Gasteiger partial charge in [-0.1, -0.05) is 48.9 Å². The highest BCUT2D eigenvalue weighted by atomic mass is 16.3. The number of carbonyl (C=O) groups excluding carboxylic acids is 1. The van der Waals surface area contributed by atoms with E-state index in [1.165, 1.54) is 24.8 Å². The van der Waals surface area contributed by atoms with Gasteiger partial charge in [0.05, 0.1) is 0 Å². The van der Waals surface area contributed by atoms with Crippen LogP contribution in [0.3, 0.4) is 0 Å². The highest BCUT2D eigenvalue weighted by molar-refractivity contribution is 6.03. The summed E-state index contributed by atoms with van der Waals surface area (Å²) in [6.07, 6.45) is 5.63. The van der Waals surface area contributed by atoms with Gasteiger partial charge in [0.2, 0.25) is 0 Å². The minimum absolute atomic E-state index is 0.166. The lowest BCUT2D eigenvalue weighted by atomic mass is 9.99. The number of nitrogens with zero attached hydrogens (tertiary/aromatic N) is 2. The molecule has 3 aromatic rings. The van der Waals surface area contributed by atoms with E-state index < -0.39 is 0 Å². The molecule has 1 saturated heterocycles. The van der Waals surface area contributed by atoms with E-state index in [-0.39, 0.29) is 12.4 Å². The molecule has 0 saturated carbocycles. The lowest BCUT2D eigenvalue weighted by molar-refractivity contribution is -0.122. The fourth-order valence-electron chi connectivity index (χ4n) is 4.36. The van der Waals surface area contributed by atoms with Crippen molar-refractivity contribution in [3.05, 3.63) is 83.2 Å². The normalized spacial score (nSPS) is 15.7. The zero-order valence-electron chi connectivity index (χ0n) is 20.1. The Bertz CT molecular complexity index is 1120. The van der Waals surface area contributed by atoms with Crippen molar-refractivity contribution in [2.45, 2.75) is 52.6 Å². The van der Waals surface area contributed by atoms with Gasteiger partial charge < -0.3 is 10.4 Å². The lowest BCUT2D eigenvalue weighted by Crippen LogP contribution is -2.37. The van der Waals surface area contributed by atoms with Crippen molar-refractivity contribution in [2.24, 2.45) is 0 Å². The average Bonchev–Trinajstić information content (AvgIpc) is 2.84. The van der Waals surface area contributed by atoms with E-state index >= 15 is 0 Å². The van der Waals surface area contributed by atoms with Gasteiger partial charge in [-0.25, -0.2) is 0 Å². The van der Waals surface area contributed by atoms with Gasteiger partial charge >= 0.3 is 0 Å². The van der Waals surface area contributed by atoms with Crippen LogP contribution in [0.2, 0.25) is 0 Å². The minimum Gasteiger partial charge on any atom is -0.483 e. The van der Waals surface area contributed by atoms with Crippen LogP contribution < -0.4 is 5.32 Å². The maximum absolute atomic E-state index is 13.0. The second kappa shape index (κ2) is 12.1. The fourth-order valence-corrected chi connectivity index (χ4v) is 4.36. The summed E-state index contributed by atoms with van der Waals surface area (Å²) in [5.74, 6) is -0.166. The van der Waals surface area contributed by atoms with E-state index in [2.05, 4.69) is 47.2 Å². The van der Waals surface area contributed by atoms with Gasteiger partial charge in [-0.2, -0.15) is 0 Å². The quantitative estimate of drug-likeness (QED) is 0.479. The molecule has 4 rings (SSSR count). The number of nitrogens with one attached hydrogen (secondary N) is 1. The molecule has 1 aromatic heterocycles. The van der Waals surface area contributed by atoms with E-state index in [0.717, 1.165) is 41.0 Å². The summed E-state index contributed by atoms with van der Waals surface area (Å²) in [5.41, 5.74) is 6.92. The molecule has 1 fully saturated rings. The molecular weight excluding hydrogens is 426 g/mol. The molecule has 178 valence electrons. The number of anilines is 1. The van der Waals surface area contributed by atoms with Crippen LogP contribution in [0, 0.1) is 13.8 Å². The Balaban J connectivity index is 0.00000103. The van der Waals surface area contributed by atoms with Crippen molar-refractivity contribution < 1.29 is 14.7 Å². The van der Waals surface area contributed by atoms with Crippen molar-refractivity contribution in [1.82, 2.24) is 9.88 Å². The Morgan fingerprint density at radius 2 is 1.88 bits per heavy atom. The Labute approximate surface area is 201 Å². The molecule has 1 unspecified atom stereocenters. The number of carboxylic acid groups (broad SMARTS) is 1. The molecule has 1 amide bonds. The van der Waals surface area contributed by atoms with Gasteiger partial charge in [-0.3, -0.25) is 19.5 Å². The molecule has 2 aromatic carbocycles. The number of aromatic nitrogens is 1. The maximum atomic E-state index is 13.0. The molecule has 2 heterocycles. The zero-order valence-corrected chi connectivity index (χ0v) is 20.1. The number of benzene rings is 2. The average molecular weight is 460 g/mol. The number of carbonyl (C=O) groups is 2. The summed E-state index contributed by atoms with van der Waals surface area (Å²) in [4.78, 5) is 28.3. The van der Waals surface area contributed by atoms with E-state index in [1.807, 2.05) is 49.5 Å². The van der Waals surface area contributed by atoms with Gasteiger partial charge in [0.1, 0.15) is 5.69 Å². The van der Waals surface area contributed by atoms with Crippen molar-refractivity contribution >= 4 is 18.1 Å². The van der Waals surface area contributed by atoms with E-state index in [4.69, 9.17) is 9.90 Å². The topological polar surface area (TPSA) is 82.5 Å². The lowest BCUT2D eigenvalue weighted by Gasteiger charge is -2.33. The highest BCUT2D eigenvalue weighted by Crippen LogP contribution is 2.29. The largest absolute Gasteiger partial charge is 0.483 e. The van der Waals surface area contributed by atoms with Crippen molar-refractivity contribution in [1.29, 1.82) is 0 Å².